The maximum Gasteiger partial charge on any atom is 0.408 e. The highest BCUT2D eigenvalue weighted by Crippen LogP contribution is 2.65. The van der Waals surface area contributed by atoms with Crippen molar-refractivity contribution in [1.82, 2.24) is 5.32 Å². The molecule has 2 aromatic carbocycles. The van der Waals surface area contributed by atoms with Crippen molar-refractivity contribution in [3.63, 3.8) is 0 Å². The minimum absolute atomic E-state index is 0.0857. The largest absolute Gasteiger partial charge is 0.469 e. The molecule has 1 saturated heterocycles. The Labute approximate surface area is 366 Å². The average molecular weight is 878 g/mol. The van der Waals surface area contributed by atoms with Gasteiger partial charge in [-0.2, -0.15) is 0 Å². The van der Waals surface area contributed by atoms with E-state index in [1.54, 1.807) is 90.1 Å². The lowest BCUT2D eigenvalue weighted by atomic mass is 9.43. The summed E-state index contributed by atoms with van der Waals surface area (Å²) in [6, 6.07) is 14.7. The number of benzene rings is 2. The van der Waals surface area contributed by atoms with E-state index in [9.17, 15) is 39.3 Å². The topological polar surface area (TPSA) is 231 Å². The Morgan fingerprint density at radius 3 is 2.14 bits per heavy atom. The van der Waals surface area contributed by atoms with Crippen LogP contribution >= 0.6 is 0 Å². The SMILES string of the molecule is COC(=O)CC[C@H]1C(=O)[C@]2(C)[C@@H](O)CC3OC[C@@]3(OC(C)=O)[C@H]2[C@H](OC(=O)c2ccccc2)[C@]2(O)C[C@H](OC(=O)[C@H](O)[C@@H](NC(=O)OC(C)(C)C)c3ccccc3)C(C)=C1C2(C)C. The van der Waals surface area contributed by atoms with Gasteiger partial charge < -0.3 is 49.1 Å². The van der Waals surface area contributed by atoms with E-state index in [0.717, 1.165) is 0 Å². The summed E-state index contributed by atoms with van der Waals surface area (Å²) in [5.41, 5.74) is -7.49. The third-order valence-electron chi connectivity index (χ3n) is 13.6. The number of aliphatic hydroxyl groups is 3. The Morgan fingerprint density at radius 2 is 1.59 bits per heavy atom. The normalized spacial score (nSPS) is 31.8. The lowest BCUT2D eigenvalue weighted by Crippen LogP contribution is -2.81. The minimum atomic E-state index is -2.32. The molecule has 342 valence electrons. The van der Waals surface area contributed by atoms with Crippen LogP contribution in [0.1, 0.15) is 103 Å². The van der Waals surface area contributed by atoms with Crippen molar-refractivity contribution in [3.8, 4) is 0 Å². The lowest BCUT2D eigenvalue weighted by Gasteiger charge is -2.67. The molecule has 1 aliphatic heterocycles. The first kappa shape index (κ1) is 47.3. The van der Waals surface area contributed by atoms with Crippen LogP contribution in [0.3, 0.4) is 0 Å². The highest BCUT2D eigenvalue weighted by Gasteiger charge is 2.78. The molecule has 0 spiro atoms. The number of amides is 1. The maximum absolute atomic E-state index is 15.7. The summed E-state index contributed by atoms with van der Waals surface area (Å²) < 4.78 is 35.0. The molecule has 3 fully saturated rings. The summed E-state index contributed by atoms with van der Waals surface area (Å²) in [5.74, 6) is -6.89. The zero-order valence-corrected chi connectivity index (χ0v) is 37.2. The number of rotatable bonds is 11. The van der Waals surface area contributed by atoms with E-state index in [-0.39, 0.29) is 37.0 Å². The Morgan fingerprint density at radius 1 is 0.968 bits per heavy atom. The first-order valence-corrected chi connectivity index (χ1v) is 21.2. The molecule has 1 unspecified atom stereocenters. The first-order chi connectivity index (χ1) is 29.4. The quantitative estimate of drug-likeness (QED) is 0.139. The fraction of sp³-hybridized carbons (Fsp3) is 0.574. The van der Waals surface area contributed by atoms with Crippen molar-refractivity contribution in [2.75, 3.05) is 13.7 Å². The van der Waals surface area contributed by atoms with Crippen LogP contribution in [0.15, 0.2) is 71.8 Å². The number of methoxy groups -OCH3 is 1. The van der Waals surface area contributed by atoms with Gasteiger partial charge in [-0.25, -0.2) is 14.4 Å². The minimum Gasteiger partial charge on any atom is -0.469 e. The van der Waals surface area contributed by atoms with Gasteiger partial charge in [0.15, 0.2) is 11.7 Å². The molecule has 16 nitrogen and oxygen atoms in total. The molecule has 11 atom stereocenters. The van der Waals surface area contributed by atoms with E-state index >= 15 is 4.79 Å². The number of aliphatic hydroxyl groups excluding tert-OH is 2. The van der Waals surface area contributed by atoms with Crippen LogP contribution in [0.5, 0.6) is 0 Å². The van der Waals surface area contributed by atoms with Crippen LogP contribution in [-0.2, 0) is 47.6 Å². The standard InChI is InChI=1S/C47H59NO15/c1-25-30(60-41(55)36(52)35(27-16-12-10-13-17-27)48-42(56)63-43(3,4)5)23-47(57)39(61-40(54)28-18-14-11-15-19-28)37-45(8,31(50)22-32-46(37,24-59-32)62-26(2)49)38(53)29(20-21-33(51)58-9)34(25)44(47,6)7/h10-19,29-32,35-37,39,50,52,57H,20-24H2,1-9H3,(H,48,56)/t29-,30+,31+,32?,35+,36-,37+,39+,45-,46+,47-/m1/s1. The lowest BCUT2D eigenvalue weighted by molar-refractivity contribution is -0.345. The van der Waals surface area contributed by atoms with Crippen molar-refractivity contribution in [1.29, 1.82) is 0 Å². The van der Waals surface area contributed by atoms with E-state index < -0.39 is 118 Å². The number of ether oxygens (including phenoxy) is 6. The zero-order chi connectivity index (χ0) is 46.4. The Kier molecular flexibility index (Phi) is 13.1. The third kappa shape index (κ3) is 8.50. The number of carbonyl (C=O) groups excluding carboxylic acids is 6. The fourth-order valence-corrected chi connectivity index (χ4v) is 10.4. The molecule has 1 heterocycles. The molecule has 2 bridgehead atoms. The summed E-state index contributed by atoms with van der Waals surface area (Å²) >= 11 is 0. The van der Waals surface area contributed by atoms with Gasteiger partial charge in [-0.3, -0.25) is 14.4 Å². The third-order valence-corrected chi connectivity index (χ3v) is 13.6. The number of esters is 4. The average Bonchev–Trinajstić information content (AvgIpc) is 3.22. The predicted molar refractivity (Wildman–Crippen MR) is 222 cm³/mol. The summed E-state index contributed by atoms with van der Waals surface area (Å²) in [6.45, 7) is 12.2. The molecule has 1 amide bonds. The van der Waals surface area contributed by atoms with Crippen LogP contribution in [0.25, 0.3) is 0 Å². The van der Waals surface area contributed by atoms with E-state index in [1.807, 2.05) is 0 Å². The fourth-order valence-electron chi connectivity index (χ4n) is 10.4. The molecule has 6 rings (SSSR count). The van der Waals surface area contributed by atoms with Crippen LogP contribution < -0.4 is 5.32 Å². The highest BCUT2D eigenvalue weighted by molar-refractivity contribution is 5.93. The van der Waals surface area contributed by atoms with Gasteiger partial charge in [-0.05, 0) is 69.9 Å². The molecular weight excluding hydrogens is 819 g/mol. The first-order valence-electron chi connectivity index (χ1n) is 21.2. The van der Waals surface area contributed by atoms with Crippen LogP contribution in [0.4, 0.5) is 4.79 Å². The molecule has 0 aromatic heterocycles. The Bertz CT molecular complexity index is 2130. The maximum atomic E-state index is 15.7. The second-order valence-electron chi connectivity index (χ2n) is 18.8. The number of hydrogen-bond donors (Lipinski definition) is 4. The molecular formula is C47H59NO15. The molecule has 2 aromatic rings. The number of fused-ring (bicyclic) bond motifs is 5. The second kappa shape index (κ2) is 17.4. The van der Waals surface area contributed by atoms with Gasteiger partial charge in [-0.15, -0.1) is 0 Å². The van der Waals surface area contributed by atoms with E-state index in [0.29, 0.717) is 11.1 Å². The van der Waals surface area contributed by atoms with E-state index in [2.05, 4.69) is 5.32 Å². The molecule has 3 aliphatic carbocycles. The van der Waals surface area contributed by atoms with Crippen molar-refractivity contribution >= 4 is 35.8 Å². The van der Waals surface area contributed by atoms with E-state index in [1.165, 1.54) is 33.1 Å². The number of Topliss-reactive ketones (excluding diaryl/α,β-unsaturated/α-hetero) is 1. The van der Waals surface area contributed by atoms with Crippen molar-refractivity contribution in [2.24, 2.45) is 22.7 Å². The molecule has 4 N–H and O–H groups in total. The monoisotopic (exact) mass is 877 g/mol. The van der Waals surface area contributed by atoms with E-state index in [4.69, 9.17) is 28.4 Å². The van der Waals surface area contributed by atoms with Crippen LogP contribution in [0, 0.1) is 22.7 Å². The summed E-state index contributed by atoms with van der Waals surface area (Å²) in [6.07, 6.45) is -9.79. The molecule has 63 heavy (non-hydrogen) atoms. The molecule has 0 radical (unpaired) electrons. The number of hydrogen-bond acceptors (Lipinski definition) is 15. The van der Waals surface area contributed by atoms with Gasteiger partial charge in [0.2, 0.25) is 0 Å². The smallest absolute Gasteiger partial charge is 0.408 e. The Balaban J connectivity index is 1.55. The molecule has 16 heteroatoms. The summed E-state index contributed by atoms with van der Waals surface area (Å²) in [5, 5.41) is 40.3. The van der Waals surface area contributed by atoms with Crippen molar-refractivity contribution < 1.29 is 72.5 Å². The Hall–Kier alpha value is -5.16. The van der Waals surface area contributed by atoms with Gasteiger partial charge in [0.1, 0.15) is 35.3 Å². The number of carbonyl (C=O) groups is 6. The van der Waals surface area contributed by atoms with Gasteiger partial charge in [-0.1, -0.05) is 62.4 Å². The highest BCUT2D eigenvalue weighted by atomic mass is 16.6. The van der Waals surface area contributed by atoms with Gasteiger partial charge in [0.25, 0.3) is 0 Å². The van der Waals surface area contributed by atoms with Crippen LogP contribution in [0.2, 0.25) is 0 Å². The number of nitrogens with one attached hydrogen (secondary N) is 1. The number of alkyl carbamates (subject to hydrolysis) is 1. The second-order valence-corrected chi connectivity index (χ2v) is 18.8. The molecule has 4 aliphatic rings. The van der Waals surface area contributed by atoms with Gasteiger partial charge >= 0.3 is 30.0 Å². The predicted octanol–water partition coefficient (Wildman–Crippen LogP) is 4.47. The van der Waals surface area contributed by atoms with Crippen LogP contribution in [-0.4, -0.2) is 112 Å². The van der Waals surface area contributed by atoms with Crippen molar-refractivity contribution in [3.05, 3.63) is 82.9 Å². The zero-order valence-electron chi connectivity index (χ0n) is 37.2. The summed E-state index contributed by atoms with van der Waals surface area (Å²) in [7, 11) is 1.20. The number of ketones is 1. The van der Waals surface area contributed by atoms with Gasteiger partial charge in [0.05, 0.1) is 42.8 Å². The van der Waals surface area contributed by atoms with Gasteiger partial charge in [0, 0.05) is 37.5 Å². The van der Waals surface area contributed by atoms with Crippen molar-refractivity contribution in [2.45, 2.75) is 134 Å². The summed E-state index contributed by atoms with van der Waals surface area (Å²) in [4.78, 5) is 83.3. The molecule has 2 saturated carbocycles.